The minimum Gasteiger partial charge on any atom is -0.339 e. The number of benzene rings is 3. The number of non-ortho nitro benzene ring substituents is 1. The molecule has 0 saturated carbocycles. The van der Waals surface area contributed by atoms with Gasteiger partial charge in [-0.15, -0.1) is 0 Å². The molecule has 0 aromatic heterocycles. The quantitative estimate of drug-likeness (QED) is 0.397. The lowest BCUT2D eigenvalue weighted by molar-refractivity contribution is -0.385. The van der Waals surface area contributed by atoms with Crippen molar-refractivity contribution in [2.24, 2.45) is 0 Å². The zero-order valence-electron chi connectivity index (χ0n) is 18.7. The third kappa shape index (κ3) is 4.71. The van der Waals surface area contributed by atoms with Crippen molar-refractivity contribution in [1.82, 2.24) is 9.21 Å². The summed E-state index contributed by atoms with van der Waals surface area (Å²) in [5.41, 5.74) is 1.92. The van der Waals surface area contributed by atoms with Gasteiger partial charge in [-0.3, -0.25) is 14.9 Å². The average molecular weight is 480 g/mol. The largest absolute Gasteiger partial charge is 0.339 e. The van der Waals surface area contributed by atoms with Crippen molar-refractivity contribution in [3.63, 3.8) is 0 Å². The van der Waals surface area contributed by atoms with Gasteiger partial charge in [0.1, 0.15) is 0 Å². The van der Waals surface area contributed by atoms with Crippen LogP contribution in [0.25, 0.3) is 0 Å². The van der Waals surface area contributed by atoms with Gasteiger partial charge in [-0.05, 0) is 23.6 Å². The molecule has 0 aliphatic carbocycles. The third-order valence-corrected chi connectivity index (χ3v) is 8.10. The van der Waals surface area contributed by atoms with Gasteiger partial charge in [0.05, 0.1) is 15.7 Å². The van der Waals surface area contributed by atoms with Crippen LogP contribution < -0.4 is 0 Å². The number of carbonyl (C=O) groups excluding carboxylic acids is 1. The number of hydrogen-bond donors (Lipinski definition) is 0. The highest BCUT2D eigenvalue weighted by Crippen LogP contribution is 2.29. The first kappa shape index (κ1) is 23.6. The summed E-state index contributed by atoms with van der Waals surface area (Å²) >= 11 is 0. The smallest absolute Gasteiger partial charge is 0.270 e. The number of rotatable bonds is 6. The third-order valence-electron chi connectivity index (χ3n) is 6.06. The Morgan fingerprint density at radius 1 is 0.882 bits per heavy atom. The van der Waals surface area contributed by atoms with Crippen LogP contribution in [0.4, 0.5) is 5.69 Å². The van der Waals surface area contributed by atoms with Crippen LogP contribution in [-0.4, -0.2) is 54.6 Å². The van der Waals surface area contributed by atoms with Gasteiger partial charge < -0.3 is 4.90 Å². The summed E-state index contributed by atoms with van der Waals surface area (Å²) in [4.78, 5) is 25.7. The van der Waals surface area contributed by atoms with Crippen molar-refractivity contribution in [3.8, 4) is 0 Å². The summed E-state index contributed by atoms with van der Waals surface area (Å²) in [7, 11) is -3.93. The number of piperazine rings is 1. The van der Waals surface area contributed by atoms with Crippen molar-refractivity contribution in [3.05, 3.63) is 106 Å². The van der Waals surface area contributed by atoms with Gasteiger partial charge in [0, 0.05) is 38.3 Å². The van der Waals surface area contributed by atoms with E-state index in [4.69, 9.17) is 0 Å². The van der Waals surface area contributed by atoms with E-state index in [-0.39, 0.29) is 42.7 Å². The Morgan fingerprint density at radius 3 is 1.91 bits per heavy atom. The Hall–Kier alpha value is -3.56. The number of nitro groups is 1. The maximum absolute atomic E-state index is 13.6. The number of carbonyl (C=O) groups is 1. The molecule has 3 aromatic carbocycles. The second kappa shape index (κ2) is 9.74. The summed E-state index contributed by atoms with van der Waals surface area (Å²) in [6.45, 7) is 2.32. The standard InChI is InChI=1S/C25H25N3O5S/c1-19-12-13-22(28(30)31)18-23(19)34(32,33)27-16-14-26(15-17-27)25(29)24(20-8-4-2-5-9-20)21-10-6-3-7-11-21/h2-13,18,24H,14-17H2,1H3. The van der Waals surface area contributed by atoms with Crippen LogP contribution in [0, 0.1) is 17.0 Å². The highest BCUT2D eigenvalue weighted by atomic mass is 32.2. The van der Waals surface area contributed by atoms with E-state index in [2.05, 4.69) is 0 Å². The molecule has 0 N–H and O–H groups in total. The average Bonchev–Trinajstić information content (AvgIpc) is 2.85. The van der Waals surface area contributed by atoms with Crippen LogP contribution in [0.1, 0.15) is 22.6 Å². The fourth-order valence-corrected chi connectivity index (χ4v) is 5.89. The Balaban J connectivity index is 1.54. The predicted octanol–water partition coefficient (Wildman–Crippen LogP) is 3.57. The molecule has 3 aromatic rings. The maximum Gasteiger partial charge on any atom is 0.270 e. The van der Waals surface area contributed by atoms with Crippen LogP contribution in [0.5, 0.6) is 0 Å². The molecule has 0 bridgehead atoms. The van der Waals surface area contributed by atoms with Crippen molar-refractivity contribution < 1.29 is 18.1 Å². The lowest BCUT2D eigenvalue weighted by Crippen LogP contribution is -2.51. The molecule has 9 heteroatoms. The Bertz CT molecular complexity index is 1250. The molecule has 34 heavy (non-hydrogen) atoms. The van der Waals surface area contributed by atoms with Crippen molar-refractivity contribution in [2.75, 3.05) is 26.2 Å². The molecule has 0 unspecified atom stereocenters. The first-order chi connectivity index (χ1) is 16.3. The highest BCUT2D eigenvalue weighted by molar-refractivity contribution is 7.89. The van der Waals surface area contributed by atoms with E-state index in [9.17, 15) is 23.3 Å². The minimum absolute atomic E-state index is 0.0760. The zero-order valence-corrected chi connectivity index (χ0v) is 19.5. The fraction of sp³-hybridized carbons (Fsp3) is 0.240. The zero-order chi connectivity index (χ0) is 24.3. The Labute approximate surface area is 198 Å². The summed E-state index contributed by atoms with van der Waals surface area (Å²) < 4.78 is 27.8. The monoisotopic (exact) mass is 479 g/mol. The summed E-state index contributed by atoms with van der Waals surface area (Å²) in [5.74, 6) is -0.564. The molecule has 1 aliphatic rings. The normalized spacial score (nSPS) is 14.8. The molecule has 4 rings (SSSR count). The van der Waals surface area contributed by atoms with Gasteiger partial charge in [-0.2, -0.15) is 4.31 Å². The predicted molar refractivity (Wildman–Crippen MR) is 128 cm³/mol. The summed E-state index contributed by atoms with van der Waals surface area (Å²) in [6, 6.07) is 22.9. The first-order valence-corrected chi connectivity index (χ1v) is 12.4. The molecule has 0 radical (unpaired) electrons. The van der Waals surface area contributed by atoms with Crippen LogP contribution in [-0.2, 0) is 14.8 Å². The Morgan fingerprint density at radius 2 is 1.41 bits per heavy atom. The van der Waals surface area contributed by atoms with Crippen molar-refractivity contribution in [1.29, 1.82) is 0 Å². The summed E-state index contributed by atoms with van der Waals surface area (Å²) in [6.07, 6.45) is 0. The molecule has 1 fully saturated rings. The van der Waals surface area contributed by atoms with Crippen LogP contribution in [0.3, 0.4) is 0 Å². The van der Waals surface area contributed by atoms with Gasteiger partial charge in [-0.25, -0.2) is 8.42 Å². The lowest BCUT2D eigenvalue weighted by atomic mass is 9.90. The number of hydrogen-bond acceptors (Lipinski definition) is 5. The maximum atomic E-state index is 13.6. The van der Waals surface area contributed by atoms with Crippen LogP contribution in [0.2, 0.25) is 0 Å². The second-order valence-corrected chi connectivity index (χ2v) is 10.1. The molecule has 176 valence electrons. The topological polar surface area (TPSA) is 101 Å². The van der Waals surface area contributed by atoms with E-state index < -0.39 is 20.9 Å². The molecule has 0 spiro atoms. The molecular weight excluding hydrogens is 454 g/mol. The minimum atomic E-state index is -3.93. The van der Waals surface area contributed by atoms with Gasteiger partial charge in [-0.1, -0.05) is 66.7 Å². The number of sulfonamides is 1. The number of amides is 1. The van der Waals surface area contributed by atoms with Crippen molar-refractivity contribution >= 4 is 21.6 Å². The molecule has 1 aliphatic heterocycles. The summed E-state index contributed by atoms with van der Waals surface area (Å²) in [5, 5.41) is 11.1. The van der Waals surface area contributed by atoms with E-state index in [1.54, 1.807) is 11.8 Å². The van der Waals surface area contributed by atoms with E-state index in [0.717, 1.165) is 17.2 Å². The van der Waals surface area contributed by atoms with Crippen molar-refractivity contribution in [2.45, 2.75) is 17.7 Å². The van der Waals surface area contributed by atoms with Gasteiger partial charge in [0.2, 0.25) is 15.9 Å². The SMILES string of the molecule is Cc1ccc([N+](=O)[O-])cc1S(=O)(=O)N1CCN(C(=O)C(c2ccccc2)c2ccccc2)CC1. The number of nitro benzene ring substituents is 1. The van der Waals surface area contributed by atoms with Crippen LogP contribution in [0.15, 0.2) is 83.8 Å². The lowest BCUT2D eigenvalue weighted by Gasteiger charge is -2.36. The highest BCUT2D eigenvalue weighted by Gasteiger charge is 2.34. The molecule has 1 amide bonds. The molecule has 0 atom stereocenters. The van der Waals surface area contributed by atoms with Gasteiger partial charge >= 0.3 is 0 Å². The second-order valence-electron chi connectivity index (χ2n) is 8.19. The first-order valence-electron chi connectivity index (χ1n) is 10.9. The molecule has 1 heterocycles. The molecule has 8 nitrogen and oxygen atoms in total. The van der Waals surface area contributed by atoms with Gasteiger partial charge in [0.15, 0.2) is 0 Å². The van der Waals surface area contributed by atoms with E-state index in [0.29, 0.717) is 5.56 Å². The van der Waals surface area contributed by atoms with Crippen LogP contribution >= 0.6 is 0 Å². The molecular formula is C25H25N3O5S. The fourth-order valence-electron chi connectivity index (χ4n) is 4.22. The Kier molecular flexibility index (Phi) is 6.76. The van der Waals surface area contributed by atoms with Gasteiger partial charge in [0.25, 0.3) is 5.69 Å². The number of nitrogens with zero attached hydrogens (tertiary/aromatic N) is 3. The van der Waals surface area contributed by atoms with E-state index in [1.165, 1.54) is 16.4 Å². The molecule has 1 saturated heterocycles. The van der Waals surface area contributed by atoms with E-state index >= 15 is 0 Å². The number of aryl methyl sites for hydroxylation is 1. The van der Waals surface area contributed by atoms with E-state index in [1.807, 2.05) is 60.7 Å².